The van der Waals surface area contributed by atoms with E-state index in [0.717, 1.165) is 0 Å². The van der Waals surface area contributed by atoms with Crippen LogP contribution in [0.2, 0.25) is 0 Å². The van der Waals surface area contributed by atoms with Gasteiger partial charge in [0.15, 0.2) is 0 Å². The third kappa shape index (κ3) is 6.19. The molecule has 12 rings (SSSR count). The second-order valence-electron chi connectivity index (χ2n) is 22.4. The molecule has 0 saturated carbocycles. The molecule has 0 unspecified atom stereocenters. The Kier molecular flexibility index (Phi) is 8.81. The molecule has 8 aromatic rings. The summed E-state index contributed by atoms with van der Waals surface area (Å²) >= 11 is 2.02. The molecule has 4 aliphatic rings. The first kappa shape index (κ1) is 40.7. The molecular formula is C61H59BN2S. The molecule has 1 aromatic heterocycles. The van der Waals surface area contributed by atoms with E-state index in [1.165, 1.54) is 136 Å². The summed E-state index contributed by atoms with van der Waals surface area (Å²) in [6.45, 7) is 22.0. The van der Waals surface area contributed by atoms with Gasteiger partial charge < -0.3 is 9.80 Å². The van der Waals surface area contributed by atoms with E-state index in [1.54, 1.807) is 0 Å². The molecule has 2 aliphatic heterocycles. The second kappa shape index (κ2) is 14.1. The molecule has 0 amide bonds. The van der Waals surface area contributed by atoms with Gasteiger partial charge in [0.25, 0.3) is 6.71 Å². The van der Waals surface area contributed by atoms with E-state index >= 15 is 0 Å². The molecule has 0 bridgehead atoms. The highest BCUT2D eigenvalue weighted by molar-refractivity contribution is 7.26. The molecule has 3 heterocycles. The van der Waals surface area contributed by atoms with Crippen LogP contribution in [0, 0.1) is 6.92 Å². The number of nitrogens with zero attached hydrogens (tertiary/aromatic N) is 2. The van der Waals surface area contributed by atoms with Gasteiger partial charge in [-0.05, 0) is 181 Å². The zero-order valence-electron chi connectivity index (χ0n) is 39.6. The summed E-state index contributed by atoms with van der Waals surface area (Å²) in [6.07, 6.45) is 4.77. The fourth-order valence-corrected chi connectivity index (χ4v) is 13.5. The second-order valence-corrected chi connectivity index (χ2v) is 23.4. The number of hydrogen-bond donors (Lipinski definition) is 0. The molecule has 0 spiro atoms. The molecule has 7 aromatic carbocycles. The molecule has 0 atom stereocenters. The van der Waals surface area contributed by atoms with E-state index in [2.05, 4.69) is 218 Å². The number of anilines is 6. The molecule has 4 heteroatoms. The molecule has 2 aliphatic carbocycles. The Hall–Kier alpha value is -5.84. The number of hydrogen-bond acceptors (Lipinski definition) is 3. The Morgan fingerprint density at radius 3 is 1.57 bits per heavy atom. The molecule has 322 valence electrons. The quantitative estimate of drug-likeness (QED) is 0.163. The van der Waals surface area contributed by atoms with Gasteiger partial charge in [-0.2, -0.15) is 0 Å². The van der Waals surface area contributed by atoms with Crippen molar-refractivity contribution < 1.29 is 0 Å². The van der Waals surface area contributed by atoms with Gasteiger partial charge in [-0.15, -0.1) is 11.3 Å². The molecule has 65 heavy (non-hydrogen) atoms. The molecule has 0 fully saturated rings. The van der Waals surface area contributed by atoms with Crippen molar-refractivity contribution >= 4 is 78.0 Å². The Morgan fingerprint density at radius 1 is 0.431 bits per heavy atom. The average molecular weight is 863 g/mol. The largest absolute Gasteiger partial charge is 0.311 e. The topological polar surface area (TPSA) is 6.48 Å². The van der Waals surface area contributed by atoms with Gasteiger partial charge >= 0.3 is 0 Å². The van der Waals surface area contributed by atoms with E-state index in [4.69, 9.17) is 0 Å². The first-order valence-corrected chi connectivity index (χ1v) is 24.8. The Balaban J connectivity index is 1.18. The number of aryl methyl sites for hydroxylation is 1. The summed E-state index contributed by atoms with van der Waals surface area (Å²) in [5.74, 6) is 0. The van der Waals surface area contributed by atoms with Gasteiger partial charge in [0.2, 0.25) is 0 Å². The molecule has 2 nitrogen and oxygen atoms in total. The molecular weight excluding hydrogens is 804 g/mol. The lowest BCUT2D eigenvalue weighted by molar-refractivity contribution is 0.332. The van der Waals surface area contributed by atoms with Crippen molar-refractivity contribution in [3.63, 3.8) is 0 Å². The Bertz CT molecular complexity index is 3230. The van der Waals surface area contributed by atoms with Crippen molar-refractivity contribution in [2.75, 3.05) is 9.80 Å². The third-order valence-corrected chi connectivity index (χ3v) is 17.4. The zero-order valence-corrected chi connectivity index (χ0v) is 40.4. The number of fused-ring (bicyclic) bond motifs is 8. The van der Waals surface area contributed by atoms with Gasteiger partial charge in [-0.3, -0.25) is 0 Å². The average Bonchev–Trinajstić information content (AvgIpc) is 3.67. The summed E-state index contributed by atoms with van der Waals surface area (Å²) in [7, 11) is 0. The Labute approximate surface area is 391 Å². The minimum absolute atomic E-state index is 0.0323. The minimum Gasteiger partial charge on any atom is -0.311 e. The number of rotatable bonds is 4. The van der Waals surface area contributed by atoms with Crippen LogP contribution in [-0.4, -0.2) is 6.71 Å². The summed E-state index contributed by atoms with van der Waals surface area (Å²) < 4.78 is 1.40. The smallest absolute Gasteiger partial charge is 0.254 e. The van der Waals surface area contributed by atoms with Gasteiger partial charge in [0, 0.05) is 33.1 Å². The molecule has 0 saturated heterocycles. The summed E-state index contributed by atoms with van der Waals surface area (Å²) in [6, 6.07) is 56.1. The van der Waals surface area contributed by atoms with Gasteiger partial charge in [0.05, 0.1) is 5.00 Å². The standard InChI is InChI=1S/C61H59BN2S/c1-38-32-52-56-53(33-38)64(44-25-26-46-47(35-44)59(4,5)29-28-58(46,2)3)57-55(45-36-48-49(37-54(45)65-57)61(8,9)31-30-60(48,6)7)62(56)50-34-42(40-18-14-11-15-19-40)22-27-51(50)63(52)43-23-20-41(21-24-43)39-16-12-10-13-17-39/h10-27,32-37H,28-31H2,1-9H3. The maximum absolute atomic E-state index is 2.69. The van der Waals surface area contributed by atoms with E-state index in [1.807, 2.05) is 11.3 Å². The highest BCUT2D eigenvalue weighted by atomic mass is 32.1. The minimum atomic E-state index is 0.0323. The SMILES string of the molecule is Cc1cc2c3c(c1)N(c1ccc4c(c1)C(C)(C)CCC4(C)C)c1sc4cc5c(cc4c1B3c1cc(-c3ccccc3)ccc1N2c1ccc(-c2ccccc2)cc1)C(C)(C)CCC5(C)C. The van der Waals surface area contributed by atoms with Crippen LogP contribution in [0.5, 0.6) is 0 Å². The van der Waals surface area contributed by atoms with Crippen LogP contribution in [0.4, 0.5) is 33.4 Å². The van der Waals surface area contributed by atoms with E-state index in [0.29, 0.717) is 0 Å². The lowest BCUT2D eigenvalue weighted by Gasteiger charge is -2.45. The van der Waals surface area contributed by atoms with Crippen molar-refractivity contribution in [2.45, 2.75) is 110 Å². The van der Waals surface area contributed by atoms with Crippen molar-refractivity contribution in [1.29, 1.82) is 0 Å². The number of thiophene rings is 1. The summed E-state index contributed by atoms with van der Waals surface area (Å²) in [5.41, 5.74) is 23.2. The van der Waals surface area contributed by atoms with E-state index < -0.39 is 0 Å². The number of benzene rings is 7. The summed E-state index contributed by atoms with van der Waals surface area (Å²) in [4.78, 5) is 5.27. The van der Waals surface area contributed by atoms with Gasteiger partial charge in [-0.25, -0.2) is 0 Å². The van der Waals surface area contributed by atoms with Crippen molar-refractivity contribution in [2.24, 2.45) is 0 Å². The first-order chi connectivity index (χ1) is 31.1. The molecule has 0 N–H and O–H groups in total. The third-order valence-electron chi connectivity index (χ3n) is 16.2. The zero-order chi connectivity index (χ0) is 44.8. The van der Waals surface area contributed by atoms with Gasteiger partial charge in [-0.1, -0.05) is 146 Å². The van der Waals surface area contributed by atoms with Crippen LogP contribution in [0.25, 0.3) is 32.3 Å². The fourth-order valence-electron chi connectivity index (χ4n) is 12.2. The maximum Gasteiger partial charge on any atom is 0.254 e. The van der Waals surface area contributed by atoms with E-state index in [9.17, 15) is 0 Å². The van der Waals surface area contributed by atoms with Crippen LogP contribution in [-0.2, 0) is 21.7 Å². The van der Waals surface area contributed by atoms with Crippen molar-refractivity contribution in [3.05, 3.63) is 173 Å². The lowest BCUT2D eigenvalue weighted by Crippen LogP contribution is -2.61. The first-order valence-electron chi connectivity index (χ1n) is 24.0. The van der Waals surface area contributed by atoms with Crippen molar-refractivity contribution in [1.82, 2.24) is 0 Å². The highest BCUT2D eigenvalue weighted by Crippen LogP contribution is 2.54. The monoisotopic (exact) mass is 862 g/mol. The Morgan fingerprint density at radius 2 is 0.938 bits per heavy atom. The lowest BCUT2D eigenvalue weighted by atomic mass is 9.33. The van der Waals surface area contributed by atoms with Gasteiger partial charge in [0.1, 0.15) is 0 Å². The van der Waals surface area contributed by atoms with Crippen LogP contribution < -0.4 is 26.2 Å². The highest BCUT2D eigenvalue weighted by Gasteiger charge is 2.47. The predicted octanol–water partition coefficient (Wildman–Crippen LogP) is 15.3. The predicted molar refractivity (Wildman–Crippen MR) is 282 cm³/mol. The summed E-state index contributed by atoms with van der Waals surface area (Å²) in [5, 5.41) is 2.77. The van der Waals surface area contributed by atoms with E-state index in [-0.39, 0.29) is 28.4 Å². The maximum atomic E-state index is 2.69. The van der Waals surface area contributed by atoms with Crippen molar-refractivity contribution in [3.8, 4) is 22.3 Å². The van der Waals surface area contributed by atoms with Crippen LogP contribution >= 0.6 is 11.3 Å². The normalized spacial score (nSPS) is 18.1. The fraction of sp³-hybridized carbons (Fsp3) is 0.279. The van der Waals surface area contributed by atoms with Crippen LogP contribution in [0.3, 0.4) is 0 Å². The van der Waals surface area contributed by atoms with Crippen LogP contribution in [0.1, 0.15) is 109 Å². The molecule has 0 radical (unpaired) electrons. The van der Waals surface area contributed by atoms with Crippen LogP contribution in [0.15, 0.2) is 146 Å².